The van der Waals surface area contributed by atoms with E-state index in [1.54, 1.807) is 0 Å². The van der Waals surface area contributed by atoms with E-state index >= 15 is 0 Å². The van der Waals surface area contributed by atoms with Crippen molar-refractivity contribution in [1.29, 1.82) is 0 Å². The Morgan fingerprint density at radius 1 is 0.327 bits per heavy atom. The van der Waals surface area contributed by atoms with Crippen LogP contribution < -0.4 is 0 Å². The monoisotopic (exact) mass is 697 g/mol. The highest BCUT2D eigenvalue weighted by atomic mass is 14.6. The van der Waals surface area contributed by atoms with E-state index in [9.17, 15) is 0 Å². The van der Waals surface area contributed by atoms with Crippen LogP contribution in [-0.4, -0.2) is 4.98 Å². The zero-order chi connectivity index (χ0) is 36.5. The summed E-state index contributed by atoms with van der Waals surface area (Å²) < 4.78 is 0. The molecule has 0 saturated heterocycles. The van der Waals surface area contributed by atoms with Gasteiger partial charge in [0.15, 0.2) is 0 Å². The van der Waals surface area contributed by atoms with Crippen LogP contribution in [0.25, 0.3) is 109 Å². The van der Waals surface area contributed by atoms with Gasteiger partial charge in [0.1, 0.15) is 0 Å². The van der Waals surface area contributed by atoms with Crippen LogP contribution in [0.3, 0.4) is 0 Å². The van der Waals surface area contributed by atoms with E-state index in [0.717, 1.165) is 11.1 Å². The molecule has 1 heterocycles. The highest BCUT2D eigenvalue weighted by Crippen LogP contribution is 2.46. The first-order valence-electron chi connectivity index (χ1n) is 19.0. The number of rotatable bonds is 4. The Bertz CT molecular complexity index is 3250. The maximum absolute atomic E-state index is 4.34. The fourth-order valence-corrected chi connectivity index (χ4v) is 9.17. The van der Waals surface area contributed by atoms with E-state index in [4.69, 9.17) is 0 Å². The summed E-state index contributed by atoms with van der Waals surface area (Å²) in [5, 5.41) is 15.3. The van der Waals surface area contributed by atoms with Crippen LogP contribution in [0.5, 0.6) is 0 Å². The van der Waals surface area contributed by atoms with Crippen molar-refractivity contribution >= 4 is 64.6 Å². The van der Waals surface area contributed by atoms with Crippen molar-refractivity contribution in [2.75, 3.05) is 0 Å². The molecule has 0 bridgehead atoms. The minimum absolute atomic E-state index is 1.12. The Hall–Kier alpha value is -7.09. The van der Waals surface area contributed by atoms with Crippen molar-refractivity contribution in [3.05, 3.63) is 200 Å². The zero-order valence-corrected chi connectivity index (χ0v) is 30.4. The van der Waals surface area contributed by atoms with Gasteiger partial charge < -0.3 is 0 Å². The second-order valence-electron chi connectivity index (χ2n) is 14.7. The summed E-state index contributed by atoms with van der Waals surface area (Å²) in [6.07, 6.45) is 3.75. The summed E-state index contributed by atoms with van der Waals surface area (Å²) >= 11 is 0. The van der Waals surface area contributed by atoms with Crippen molar-refractivity contribution in [3.63, 3.8) is 0 Å². The highest BCUT2D eigenvalue weighted by molar-refractivity contribution is 6.24. The molecule has 0 unspecified atom stereocenters. The summed E-state index contributed by atoms with van der Waals surface area (Å²) in [5.74, 6) is 0. The van der Waals surface area contributed by atoms with Gasteiger partial charge in [-0.3, -0.25) is 4.98 Å². The number of aromatic nitrogens is 1. The van der Waals surface area contributed by atoms with E-state index in [1.165, 1.54) is 104 Å². The maximum Gasteiger partial charge on any atom is 0.0346 e. The van der Waals surface area contributed by atoms with Gasteiger partial charge in [-0.25, -0.2) is 0 Å². The van der Waals surface area contributed by atoms with Crippen LogP contribution in [0.4, 0.5) is 0 Å². The molecule has 1 aromatic heterocycles. The summed E-state index contributed by atoms with van der Waals surface area (Å²) in [7, 11) is 0. The van der Waals surface area contributed by atoms with Gasteiger partial charge >= 0.3 is 0 Å². The minimum Gasteiger partial charge on any atom is -0.264 e. The van der Waals surface area contributed by atoms with Crippen molar-refractivity contribution in [3.8, 4) is 44.5 Å². The molecule has 0 atom stereocenters. The molecule has 0 aliphatic heterocycles. The number of hydrogen-bond donors (Lipinski definition) is 0. The number of pyridine rings is 1. The van der Waals surface area contributed by atoms with Crippen molar-refractivity contribution in [2.24, 2.45) is 0 Å². The average molecular weight is 698 g/mol. The standard InChI is InChI=1S/C54H35N/c1-34-10-6-11-36-25-26-38-13-8-20-49(54(38)50(34)36)48-19-7-12-37-27-28-40-32-41(29-30-43(40)51(37)48)53-46-17-4-2-15-44(46)52(45-16-3-5-18-47(45)53)39-23-21-35(22-24-39)42-14-9-31-55-33-42/h2-33H,1H3. The Morgan fingerprint density at radius 2 is 0.855 bits per heavy atom. The van der Waals surface area contributed by atoms with Crippen molar-refractivity contribution < 1.29 is 0 Å². The third-order valence-electron chi connectivity index (χ3n) is 11.6. The fraction of sp³-hybridized carbons (Fsp3) is 0.0185. The molecule has 0 amide bonds. The molecule has 0 radical (unpaired) electrons. The van der Waals surface area contributed by atoms with E-state index < -0.39 is 0 Å². The first-order chi connectivity index (χ1) is 27.2. The first kappa shape index (κ1) is 31.4. The lowest BCUT2D eigenvalue weighted by Gasteiger charge is -2.19. The van der Waals surface area contributed by atoms with Gasteiger partial charge in [-0.05, 0) is 134 Å². The first-order valence-corrected chi connectivity index (χ1v) is 19.0. The Balaban J connectivity index is 1.13. The number of aryl methyl sites for hydroxylation is 1. The largest absolute Gasteiger partial charge is 0.264 e. The molecule has 10 aromatic carbocycles. The molecular weight excluding hydrogens is 663 g/mol. The third-order valence-corrected chi connectivity index (χ3v) is 11.6. The molecule has 0 aliphatic carbocycles. The Labute approximate surface area is 319 Å². The topological polar surface area (TPSA) is 12.9 Å². The molecule has 0 aliphatic rings. The molecule has 55 heavy (non-hydrogen) atoms. The average Bonchev–Trinajstić information content (AvgIpc) is 3.25. The Kier molecular flexibility index (Phi) is 7.15. The van der Waals surface area contributed by atoms with Gasteiger partial charge in [-0.2, -0.15) is 0 Å². The highest BCUT2D eigenvalue weighted by Gasteiger charge is 2.18. The number of hydrogen-bond acceptors (Lipinski definition) is 1. The van der Waals surface area contributed by atoms with E-state index in [0.29, 0.717) is 0 Å². The lowest BCUT2D eigenvalue weighted by molar-refractivity contribution is 1.33. The normalized spacial score (nSPS) is 11.7. The minimum atomic E-state index is 1.12. The van der Waals surface area contributed by atoms with Crippen LogP contribution in [0.1, 0.15) is 5.56 Å². The number of nitrogens with zero attached hydrogens (tertiary/aromatic N) is 1. The van der Waals surface area contributed by atoms with E-state index in [1.807, 2.05) is 18.5 Å². The van der Waals surface area contributed by atoms with Gasteiger partial charge in [0.2, 0.25) is 0 Å². The summed E-state index contributed by atoms with van der Waals surface area (Å²) in [6.45, 7) is 2.23. The number of benzene rings is 10. The quantitative estimate of drug-likeness (QED) is 0.132. The maximum atomic E-state index is 4.34. The SMILES string of the molecule is Cc1cccc2ccc3cccc(-c4cccc5ccc6cc(-c7c8ccccc8c(-c8ccc(-c9cccnc9)cc8)c8ccccc78)ccc6c45)c3c12. The predicted octanol–water partition coefficient (Wildman–Crippen LogP) is 15.0. The lowest BCUT2D eigenvalue weighted by Crippen LogP contribution is -1.91. The van der Waals surface area contributed by atoms with Gasteiger partial charge in [-0.1, -0.05) is 170 Å². The van der Waals surface area contributed by atoms with E-state index in [-0.39, 0.29) is 0 Å². The van der Waals surface area contributed by atoms with Crippen LogP contribution >= 0.6 is 0 Å². The van der Waals surface area contributed by atoms with Gasteiger partial charge in [-0.15, -0.1) is 0 Å². The summed E-state index contributed by atoms with van der Waals surface area (Å²) in [5.41, 5.74) is 11.1. The summed E-state index contributed by atoms with van der Waals surface area (Å²) in [6, 6.07) is 67.3. The second-order valence-corrected chi connectivity index (χ2v) is 14.7. The van der Waals surface area contributed by atoms with E-state index in [2.05, 4.69) is 188 Å². The van der Waals surface area contributed by atoms with Crippen molar-refractivity contribution in [2.45, 2.75) is 6.92 Å². The molecule has 11 aromatic rings. The molecule has 1 nitrogen and oxygen atoms in total. The second kappa shape index (κ2) is 12.5. The zero-order valence-electron chi connectivity index (χ0n) is 30.4. The molecule has 0 N–H and O–H groups in total. The smallest absolute Gasteiger partial charge is 0.0346 e. The Morgan fingerprint density at radius 3 is 1.49 bits per heavy atom. The lowest BCUT2D eigenvalue weighted by atomic mass is 9.84. The van der Waals surface area contributed by atoms with Crippen LogP contribution in [0.15, 0.2) is 194 Å². The molecule has 1 heteroatoms. The van der Waals surface area contributed by atoms with Crippen LogP contribution in [0, 0.1) is 6.92 Å². The third kappa shape index (κ3) is 4.97. The van der Waals surface area contributed by atoms with Gasteiger partial charge in [0, 0.05) is 12.4 Å². The van der Waals surface area contributed by atoms with Gasteiger partial charge in [0.25, 0.3) is 0 Å². The van der Waals surface area contributed by atoms with Crippen molar-refractivity contribution in [1.82, 2.24) is 4.98 Å². The molecule has 256 valence electrons. The molecular formula is C54H35N. The molecule has 0 fully saturated rings. The van der Waals surface area contributed by atoms with Gasteiger partial charge in [0.05, 0.1) is 0 Å². The summed E-state index contributed by atoms with van der Waals surface area (Å²) in [4.78, 5) is 4.34. The molecule has 11 rings (SSSR count). The predicted molar refractivity (Wildman–Crippen MR) is 236 cm³/mol. The molecule has 0 spiro atoms. The van der Waals surface area contributed by atoms with Crippen LogP contribution in [0.2, 0.25) is 0 Å². The molecule has 0 saturated carbocycles. The fourth-order valence-electron chi connectivity index (χ4n) is 9.17. The van der Waals surface area contributed by atoms with Crippen LogP contribution in [-0.2, 0) is 0 Å². The number of fused-ring (bicyclic) bond motifs is 8.